The van der Waals surface area contributed by atoms with Gasteiger partial charge in [0.25, 0.3) is 0 Å². The number of hydrogen-bond donors (Lipinski definition) is 1. The van der Waals surface area contributed by atoms with Crippen molar-refractivity contribution in [2.75, 3.05) is 0 Å². The van der Waals surface area contributed by atoms with E-state index >= 15 is 0 Å². The third-order valence-electron chi connectivity index (χ3n) is 4.03. The summed E-state index contributed by atoms with van der Waals surface area (Å²) in [5.41, 5.74) is 4.72. The van der Waals surface area contributed by atoms with Crippen molar-refractivity contribution in [3.8, 4) is 0 Å². The monoisotopic (exact) mass is 267 g/mol. The third kappa shape index (κ3) is 4.50. The molecule has 2 N–H and O–H groups in total. The fraction of sp³-hybridized carbons (Fsp3) is 0.923. The molecule has 0 aliphatic rings. The van der Waals surface area contributed by atoms with Crippen molar-refractivity contribution < 1.29 is 18.0 Å². The predicted molar refractivity (Wildman–Crippen MR) is 65.8 cm³/mol. The Morgan fingerprint density at radius 1 is 1.22 bits per heavy atom. The highest BCUT2D eigenvalue weighted by atomic mass is 19.4. The molecule has 0 rings (SSSR count). The van der Waals surface area contributed by atoms with E-state index < -0.39 is 23.4 Å². The summed E-state index contributed by atoms with van der Waals surface area (Å²) in [6, 6.07) is 0. The molecule has 0 heterocycles. The summed E-state index contributed by atoms with van der Waals surface area (Å²) >= 11 is 0. The van der Waals surface area contributed by atoms with Crippen LogP contribution in [0.25, 0.3) is 0 Å². The van der Waals surface area contributed by atoms with E-state index in [-0.39, 0.29) is 18.3 Å². The molecule has 0 aliphatic carbocycles. The molecule has 0 aromatic carbocycles. The van der Waals surface area contributed by atoms with Crippen molar-refractivity contribution in [1.29, 1.82) is 0 Å². The van der Waals surface area contributed by atoms with Crippen molar-refractivity contribution >= 4 is 5.91 Å². The van der Waals surface area contributed by atoms with Crippen LogP contribution >= 0.6 is 0 Å². The molecule has 0 spiro atoms. The van der Waals surface area contributed by atoms with Crippen molar-refractivity contribution in [2.24, 2.45) is 28.9 Å². The first-order valence-electron chi connectivity index (χ1n) is 6.29. The molecule has 5 heteroatoms. The van der Waals surface area contributed by atoms with Crippen LogP contribution in [0.4, 0.5) is 13.2 Å². The molecule has 108 valence electrons. The van der Waals surface area contributed by atoms with Gasteiger partial charge in [-0.2, -0.15) is 13.2 Å². The molecular formula is C13H24F3NO. The van der Waals surface area contributed by atoms with Crippen molar-refractivity contribution in [2.45, 2.75) is 53.6 Å². The fourth-order valence-corrected chi connectivity index (χ4v) is 2.44. The smallest absolute Gasteiger partial charge is 0.369 e. The number of alkyl halides is 3. The average molecular weight is 267 g/mol. The molecule has 18 heavy (non-hydrogen) atoms. The summed E-state index contributed by atoms with van der Waals surface area (Å²) in [5, 5.41) is 0. The van der Waals surface area contributed by atoms with Crippen LogP contribution in [-0.4, -0.2) is 12.1 Å². The van der Waals surface area contributed by atoms with Gasteiger partial charge in [0.1, 0.15) is 0 Å². The topological polar surface area (TPSA) is 43.1 Å². The van der Waals surface area contributed by atoms with E-state index in [0.717, 1.165) is 0 Å². The quantitative estimate of drug-likeness (QED) is 0.782. The molecule has 0 fully saturated rings. The lowest BCUT2D eigenvalue weighted by Gasteiger charge is -2.38. The minimum absolute atomic E-state index is 0.00144. The summed E-state index contributed by atoms with van der Waals surface area (Å²) in [4.78, 5) is 11.3. The normalized spacial score (nSPS) is 18.2. The zero-order chi connectivity index (χ0) is 14.7. The Morgan fingerprint density at radius 3 is 1.94 bits per heavy atom. The van der Waals surface area contributed by atoms with E-state index in [2.05, 4.69) is 0 Å². The average Bonchev–Trinajstić information content (AvgIpc) is 2.15. The molecule has 2 nitrogen and oxygen atoms in total. The first kappa shape index (κ1) is 17.3. The number of primary amides is 1. The molecule has 0 aromatic rings. The Kier molecular flexibility index (Phi) is 5.69. The first-order valence-corrected chi connectivity index (χ1v) is 6.29. The lowest BCUT2D eigenvalue weighted by atomic mass is 9.68. The molecule has 0 radical (unpaired) electrons. The fourth-order valence-electron chi connectivity index (χ4n) is 2.44. The Hall–Kier alpha value is -0.740. The Balaban J connectivity index is 4.86. The molecule has 1 amide bonds. The molecule has 3 unspecified atom stereocenters. The lowest BCUT2D eigenvalue weighted by molar-refractivity contribution is -0.179. The summed E-state index contributed by atoms with van der Waals surface area (Å²) in [5.74, 6) is -2.36. The van der Waals surface area contributed by atoms with Crippen molar-refractivity contribution in [1.82, 2.24) is 0 Å². The highest BCUT2D eigenvalue weighted by molar-refractivity contribution is 5.76. The van der Waals surface area contributed by atoms with Crippen LogP contribution in [0.2, 0.25) is 0 Å². The van der Waals surface area contributed by atoms with Gasteiger partial charge < -0.3 is 5.73 Å². The van der Waals surface area contributed by atoms with Crippen LogP contribution in [0.5, 0.6) is 0 Å². The zero-order valence-corrected chi connectivity index (χ0v) is 11.8. The second kappa shape index (κ2) is 5.93. The third-order valence-corrected chi connectivity index (χ3v) is 4.03. The molecule has 0 saturated carbocycles. The van der Waals surface area contributed by atoms with Gasteiger partial charge in [0, 0.05) is 5.92 Å². The van der Waals surface area contributed by atoms with E-state index in [1.165, 1.54) is 6.92 Å². The van der Waals surface area contributed by atoms with Gasteiger partial charge in [0.2, 0.25) is 5.91 Å². The van der Waals surface area contributed by atoms with Crippen LogP contribution in [0, 0.1) is 23.2 Å². The van der Waals surface area contributed by atoms with E-state index in [1.807, 2.05) is 13.8 Å². The van der Waals surface area contributed by atoms with E-state index in [4.69, 9.17) is 5.73 Å². The van der Waals surface area contributed by atoms with Crippen molar-refractivity contribution in [3.63, 3.8) is 0 Å². The summed E-state index contributed by atoms with van der Waals surface area (Å²) in [6.45, 7) is 8.36. The molecule has 0 aromatic heterocycles. The van der Waals surface area contributed by atoms with Gasteiger partial charge in [-0.3, -0.25) is 4.79 Å². The first-order chi connectivity index (χ1) is 7.93. The molecule has 3 atom stereocenters. The number of nitrogens with two attached hydrogens (primary N) is 1. The van der Waals surface area contributed by atoms with Gasteiger partial charge in [-0.25, -0.2) is 0 Å². The van der Waals surface area contributed by atoms with E-state index in [0.29, 0.717) is 6.42 Å². The predicted octanol–water partition coefficient (Wildman–Crippen LogP) is 3.75. The number of carbonyl (C=O) groups is 1. The van der Waals surface area contributed by atoms with Gasteiger partial charge in [-0.15, -0.1) is 0 Å². The van der Waals surface area contributed by atoms with Crippen LogP contribution in [-0.2, 0) is 4.79 Å². The summed E-state index contributed by atoms with van der Waals surface area (Å²) in [6.07, 6.45) is -3.63. The van der Waals surface area contributed by atoms with Crippen LogP contribution in [0.1, 0.15) is 47.5 Å². The van der Waals surface area contributed by atoms with Gasteiger partial charge in [0.15, 0.2) is 0 Å². The minimum atomic E-state index is -4.19. The number of halogens is 3. The second-order valence-electron chi connectivity index (χ2n) is 5.84. The number of carbonyl (C=O) groups excluding carboxylic acids is 1. The maximum absolute atomic E-state index is 12.6. The van der Waals surface area contributed by atoms with Gasteiger partial charge in [-0.1, -0.05) is 34.6 Å². The Labute approximate surface area is 107 Å². The molecule has 0 saturated heterocycles. The highest BCUT2D eigenvalue weighted by Gasteiger charge is 2.42. The molecular weight excluding hydrogens is 243 g/mol. The van der Waals surface area contributed by atoms with E-state index in [1.54, 1.807) is 13.8 Å². The molecule has 0 bridgehead atoms. The standard InChI is InChI=1S/C13H24F3NO/c1-6-10(11(17)18)9(3)12(4,5)7-8(2)13(14,15)16/h8-10H,6-7H2,1-5H3,(H2,17,18). The van der Waals surface area contributed by atoms with Crippen LogP contribution in [0.3, 0.4) is 0 Å². The maximum atomic E-state index is 12.6. The number of amides is 1. The Bertz CT molecular complexity index is 286. The van der Waals surface area contributed by atoms with Gasteiger partial charge in [0.05, 0.1) is 5.92 Å². The highest BCUT2D eigenvalue weighted by Crippen LogP contribution is 2.42. The number of hydrogen-bond acceptors (Lipinski definition) is 1. The Morgan fingerprint density at radius 2 is 1.67 bits per heavy atom. The van der Waals surface area contributed by atoms with Gasteiger partial charge >= 0.3 is 6.18 Å². The van der Waals surface area contributed by atoms with E-state index in [9.17, 15) is 18.0 Å². The van der Waals surface area contributed by atoms with Crippen molar-refractivity contribution in [3.05, 3.63) is 0 Å². The molecule has 0 aliphatic heterocycles. The van der Waals surface area contributed by atoms with Crippen LogP contribution < -0.4 is 5.73 Å². The van der Waals surface area contributed by atoms with Crippen LogP contribution in [0.15, 0.2) is 0 Å². The number of rotatable bonds is 6. The summed E-state index contributed by atoms with van der Waals surface area (Å²) < 4.78 is 37.8. The minimum Gasteiger partial charge on any atom is -0.369 e. The largest absolute Gasteiger partial charge is 0.391 e. The second-order valence-corrected chi connectivity index (χ2v) is 5.84. The SMILES string of the molecule is CCC(C(N)=O)C(C)C(C)(C)CC(C)C(F)(F)F. The zero-order valence-electron chi connectivity index (χ0n) is 11.8. The summed E-state index contributed by atoms with van der Waals surface area (Å²) in [7, 11) is 0. The lowest BCUT2D eigenvalue weighted by Crippen LogP contribution is -2.38. The van der Waals surface area contributed by atoms with Gasteiger partial charge in [-0.05, 0) is 24.2 Å². The maximum Gasteiger partial charge on any atom is 0.391 e.